The van der Waals surface area contributed by atoms with Crippen LogP contribution in [-0.4, -0.2) is 457 Å². The largest absolute Gasteiger partial charge is 0.500 e. The van der Waals surface area contributed by atoms with Crippen LogP contribution in [0.15, 0.2) is 25.3 Å². The van der Waals surface area contributed by atoms with Crippen molar-refractivity contribution in [3.63, 3.8) is 0 Å². The highest BCUT2D eigenvalue weighted by molar-refractivity contribution is 6.64. The zero-order chi connectivity index (χ0) is 112. The van der Waals surface area contributed by atoms with Crippen LogP contribution in [0.1, 0.15) is 209 Å². The van der Waals surface area contributed by atoms with Gasteiger partial charge in [0, 0.05) is 330 Å². The molecule has 0 unspecified atom stereocenters. The Morgan fingerprint density at radius 3 is 0.367 bits per heavy atom. The summed E-state index contributed by atoms with van der Waals surface area (Å²) in [5, 5.41) is 0. The minimum absolute atomic E-state index is 0.585. The summed E-state index contributed by atoms with van der Waals surface area (Å²) in [6, 6.07) is 8.80. The molecule has 0 heterocycles. The van der Waals surface area contributed by atoms with Crippen molar-refractivity contribution in [3.8, 4) is 0 Å². The molecule has 0 aromatic carbocycles. The Labute approximate surface area is 910 Å². The molecule has 147 heavy (non-hydrogen) atoms. The molecule has 4 N–H and O–H groups in total. The lowest BCUT2D eigenvalue weighted by atomic mass is 10.3. The Morgan fingerprint density at radius 2 is 0.259 bits per heavy atom. The summed E-state index contributed by atoms with van der Waals surface area (Å²) in [6.45, 7) is 74.6. The summed E-state index contributed by atoms with van der Waals surface area (Å²) in [5.74, 6) is 0. The van der Waals surface area contributed by atoms with Crippen molar-refractivity contribution in [3.05, 3.63) is 25.3 Å². The summed E-state index contributed by atoms with van der Waals surface area (Å²) >= 11 is 0. The van der Waals surface area contributed by atoms with Crippen LogP contribution in [-0.2, 0) is 146 Å². The van der Waals surface area contributed by atoms with E-state index in [2.05, 4.69) is 37.7 Å². The number of hydrogen-bond donors (Lipinski definition) is 2. The lowest BCUT2D eigenvalue weighted by Crippen LogP contribution is -2.47. The third-order valence-corrected chi connectivity index (χ3v) is 56.8. The molecule has 0 rings (SSSR count). The first-order valence-corrected chi connectivity index (χ1v) is 76.3. The minimum Gasteiger partial charge on any atom is -0.377 e. The van der Waals surface area contributed by atoms with Crippen LogP contribution in [0.4, 0.5) is 0 Å². The van der Waals surface area contributed by atoms with Gasteiger partial charge in [-0.25, -0.2) is 0 Å². The molecule has 0 aliphatic rings. The maximum absolute atomic E-state index is 6.08. The van der Waals surface area contributed by atoms with Gasteiger partial charge >= 0.3 is 96.8 Å². The Hall–Kier alpha value is 0.266. The Bertz CT molecular complexity index is 2550. The predicted molar refractivity (Wildman–Crippen MR) is 611 cm³/mol. The van der Waals surface area contributed by atoms with Gasteiger partial charge < -0.3 is 172 Å². The first-order chi connectivity index (χ1) is 70.8. The van der Waals surface area contributed by atoms with Crippen molar-refractivity contribution in [2.45, 2.75) is 276 Å². The Kier molecular flexibility index (Phi) is 106. The molecule has 0 aromatic heterocycles. The smallest absolute Gasteiger partial charge is 0.377 e. The van der Waals surface area contributed by atoms with Gasteiger partial charge in [0.1, 0.15) is 0 Å². The van der Waals surface area contributed by atoms with E-state index >= 15 is 0 Å². The van der Waals surface area contributed by atoms with Gasteiger partial charge in [-0.15, -0.1) is 13.2 Å². The lowest BCUT2D eigenvalue weighted by molar-refractivity contribution is 0.0676. The second-order valence-corrected chi connectivity index (χ2v) is 64.9. The predicted octanol–water partition coefficient (Wildman–Crippen LogP) is 15.5. The number of nitrogens with two attached hydrogens (primary N) is 2. The third-order valence-electron chi connectivity index (χ3n) is 23.5. The van der Waals surface area contributed by atoms with Crippen molar-refractivity contribution in [2.24, 2.45) is 11.5 Å². The molecule has 888 valence electrons. The molecule has 0 atom stereocenters. The Morgan fingerprint density at radius 1 is 0.156 bits per heavy atom. The number of nitrogens with zero attached hydrogens (tertiary/aromatic N) is 5. The number of rotatable bonds is 105. The topological polar surface area (TPSA) is 373 Å². The monoisotopic (exact) mass is 2310 g/mol. The van der Waals surface area contributed by atoms with Gasteiger partial charge in [0.2, 0.25) is 0 Å². The van der Waals surface area contributed by atoms with Crippen molar-refractivity contribution < 1.29 is 146 Å². The molecule has 0 amide bonds. The molecule has 0 bridgehead atoms. The molecule has 0 aliphatic heterocycles. The van der Waals surface area contributed by atoms with E-state index in [4.69, 9.17) is 158 Å². The fourth-order valence-electron chi connectivity index (χ4n) is 17.1. The first kappa shape index (κ1) is 156. The van der Waals surface area contributed by atoms with Crippen LogP contribution in [0.25, 0.3) is 0 Å². The van der Waals surface area contributed by atoms with E-state index in [9.17, 15) is 0 Å². The summed E-state index contributed by atoms with van der Waals surface area (Å²) < 4.78 is 191. The average Bonchev–Trinajstić information content (AvgIpc) is 0.878. The molecule has 0 fully saturated rings. The van der Waals surface area contributed by atoms with E-state index in [0.717, 1.165) is 235 Å². The molecular weight excluding hydrogens is 2090 g/mol. The van der Waals surface area contributed by atoms with E-state index in [-0.39, 0.29) is 0 Å². The van der Waals surface area contributed by atoms with Gasteiger partial charge in [-0.3, -0.25) is 9.80 Å². The average molecular weight is 2320 g/mol. The molecule has 0 radical (unpaired) electrons. The van der Waals surface area contributed by atoms with Crippen molar-refractivity contribution in [1.29, 1.82) is 0 Å². The second-order valence-electron chi connectivity index (χ2n) is 33.2. The summed E-state index contributed by atoms with van der Waals surface area (Å²) in [7, 11) is -6.93. The van der Waals surface area contributed by atoms with E-state index in [1.165, 1.54) is 0 Å². The van der Waals surface area contributed by atoms with Gasteiger partial charge in [0.25, 0.3) is 0 Å². The second kappa shape index (κ2) is 100. The summed E-state index contributed by atoms with van der Waals surface area (Å²) in [4.78, 5) is 12.0. The molecule has 0 spiro atoms. The minimum atomic E-state index is -2.68. The van der Waals surface area contributed by atoms with Gasteiger partial charge in [0.15, 0.2) is 0 Å². The number of hydrogen-bond acceptors (Lipinski definition) is 40. The molecule has 0 saturated carbocycles. The molecular formula is C96H227N7O33Si11. The van der Waals surface area contributed by atoms with E-state index in [0.29, 0.717) is 145 Å². The maximum atomic E-state index is 6.08. The van der Waals surface area contributed by atoms with Crippen LogP contribution < -0.4 is 11.5 Å². The van der Waals surface area contributed by atoms with Crippen molar-refractivity contribution in [1.82, 2.24) is 24.5 Å². The van der Waals surface area contributed by atoms with Crippen molar-refractivity contribution >= 4 is 96.8 Å². The van der Waals surface area contributed by atoms with Gasteiger partial charge in [-0.1, -0.05) is 12.2 Å². The third kappa shape index (κ3) is 70.2. The molecule has 0 saturated heterocycles. The van der Waals surface area contributed by atoms with Crippen LogP contribution in [0.3, 0.4) is 0 Å². The van der Waals surface area contributed by atoms with E-state index in [1.807, 2.05) is 151 Å². The standard InChI is InChI=1S/C26H61NO9Si3.C21H47NO6Si2.C20H48N2O6Si2.C15H35NO6Si2.C14H36N2O6Si2/c1-10-29-37(28-9,30-11-2)24-18-21-27(22-19-25-38(31-12-3,32-13-4)33-14-5)23-20-26-39(34-15-6,35-16-7)36-17-8;1-8-17-22(18-15-20-29(23-9-2,24-10-3)25-11-4)19-16-21-30(26-12-5,27-13-6)28-14-7;1-7-23-29(24-8-2,25-9-3)19-13-16-22(18-15-21)17-14-20-30(26-10-4,27-11-5)28-12-6;1-8-11-16(12-9-14-23(17-2,18-3)19-4)13-10-15-24(20-5,21-6)22-7;1-17-23(18-2,19-3)13-7-10-16(12-9-15)11-8-14-24(20-4,21-5)22-6/h10-26H2,1-9H3;8H,1,9-21H2,2-7H3;7-21H2,1-6H3;8H,1,9-15H2,2-7H3;7-15H2,1-6H3. The molecule has 0 aliphatic carbocycles. The highest BCUT2D eigenvalue weighted by atomic mass is 28.4. The van der Waals surface area contributed by atoms with Crippen LogP contribution in [0.2, 0.25) is 66.5 Å². The summed E-state index contributed by atoms with van der Waals surface area (Å²) in [5.41, 5.74) is 11.6. The van der Waals surface area contributed by atoms with Crippen molar-refractivity contribution in [2.75, 3.05) is 336 Å². The molecule has 40 nitrogen and oxygen atoms in total. The first-order valence-electron chi connectivity index (χ1n) is 55.0. The highest BCUT2D eigenvalue weighted by Crippen LogP contribution is 2.29. The van der Waals surface area contributed by atoms with Gasteiger partial charge in [-0.2, -0.15) is 0 Å². The van der Waals surface area contributed by atoms with Crippen LogP contribution in [0.5, 0.6) is 0 Å². The fourth-order valence-corrected chi connectivity index (χ4v) is 41.8. The fraction of sp³-hybridized carbons (Fsp3) is 0.958. The van der Waals surface area contributed by atoms with E-state index in [1.54, 1.807) is 92.4 Å². The molecule has 0 aromatic rings. The van der Waals surface area contributed by atoms with Gasteiger partial charge in [-0.05, 0) is 281 Å². The Balaban J connectivity index is -0.000000578. The van der Waals surface area contributed by atoms with Crippen LogP contribution in [0, 0.1) is 0 Å². The zero-order valence-electron chi connectivity index (χ0n) is 99.7. The van der Waals surface area contributed by atoms with E-state index < -0.39 is 96.8 Å². The molecule has 51 heteroatoms. The summed E-state index contributed by atoms with van der Waals surface area (Å²) in [6.07, 6.45) is 14.3. The highest BCUT2D eigenvalue weighted by Gasteiger charge is 2.48. The quantitative estimate of drug-likeness (QED) is 0.0422. The lowest BCUT2D eigenvalue weighted by Gasteiger charge is -2.31. The normalized spacial score (nSPS) is 12.9. The SMILES string of the molecule is C=CCN(CCC[Si](OC)(OC)OC)CCC[Si](OC)(OC)OC.C=CCN(CCC[Si](OCC)(OCC)OCC)CCC[Si](OCC)(OCC)OCC.CCO[Si](CCCN(CCC[Si](OCC)(OCC)OCC)CCC[Si](OCC)(OCC)OCC)(OC)OCC.CCO[Si](CCCN(CCN)CCC[Si](OCC)(OCC)OCC)(OCC)OCC.CO[Si](CCCN(CCN)CCC[Si](OC)(OC)OC)(OC)OC. The maximum Gasteiger partial charge on any atom is 0.500 e. The zero-order valence-corrected chi connectivity index (χ0v) is 111. The van der Waals surface area contributed by atoms with Gasteiger partial charge in [0.05, 0.1) is 0 Å². The van der Waals surface area contributed by atoms with Crippen LogP contribution >= 0.6 is 0 Å².